The Morgan fingerprint density at radius 2 is 2.38 bits per heavy atom. The van der Waals surface area contributed by atoms with Gasteiger partial charge in [0.25, 0.3) is 0 Å². The molecule has 0 aliphatic heterocycles. The summed E-state index contributed by atoms with van der Waals surface area (Å²) in [5.41, 5.74) is 0.827. The molecule has 1 aromatic heterocycles. The molecule has 1 unspecified atom stereocenters. The normalized spacial score (nSPS) is 17.8. The summed E-state index contributed by atoms with van der Waals surface area (Å²) in [5.74, 6) is 0.455. The number of hydrogen-bond donors (Lipinski definition) is 0. The van der Waals surface area contributed by atoms with Crippen LogP contribution in [-0.4, -0.2) is 11.5 Å². The zero-order valence-corrected chi connectivity index (χ0v) is 7.14. The third-order valence-electron chi connectivity index (χ3n) is 2.20. The first-order chi connectivity index (χ1) is 6.42. The molecule has 1 radical (unpaired) electrons. The monoisotopic (exact) mass is 176 g/mol. The quantitative estimate of drug-likeness (QED) is 0.699. The zero-order valence-electron chi connectivity index (χ0n) is 7.14. The van der Waals surface area contributed by atoms with Crippen molar-refractivity contribution in [2.75, 3.05) is 0 Å². The molecule has 3 heteroatoms. The number of aromatic nitrogens is 1. The molecule has 2 rings (SSSR count). The van der Waals surface area contributed by atoms with Gasteiger partial charge in [0.2, 0.25) is 0 Å². The van der Waals surface area contributed by atoms with Crippen molar-refractivity contribution in [3.05, 3.63) is 30.1 Å². The van der Waals surface area contributed by atoms with Crippen LogP contribution >= 0.6 is 0 Å². The topological polar surface area (TPSA) is 39.2 Å². The van der Waals surface area contributed by atoms with Gasteiger partial charge in [-0.25, -0.2) is 4.79 Å². The largest absolute Gasteiger partial charge is 0.447 e. The minimum Gasteiger partial charge on any atom is -0.447 e. The van der Waals surface area contributed by atoms with Gasteiger partial charge in [0.05, 0.1) is 5.69 Å². The van der Waals surface area contributed by atoms with E-state index in [0.29, 0.717) is 5.92 Å². The van der Waals surface area contributed by atoms with Crippen molar-refractivity contribution in [3.8, 4) is 0 Å². The van der Waals surface area contributed by atoms with Crippen molar-refractivity contribution >= 4 is 6.47 Å². The Morgan fingerprint density at radius 3 is 2.92 bits per heavy atom. The molecule has 1 aliphatic carbocycles. The van der Waals surface area contributed by atoms with Gasteiger partial charge in [-0.2, -0.15) is 0 Å². The fourth-order valence-electron chi connectivity index (χ4n) is 1.39. The fraction of sp³-hybridized carbons (Fsp3) is 0.400. The molecule has 0 spiro atoms. The molecule has 67 valence electrons. The summed E-state index contributed by atoms with van der Waals surface area (Å²) < 4.78 is 4.88. The maximum Gasteiger partial charge on any atom is 0.418 e. The summed E-state index contributed by atoms with van der Waals surface area (Å²) >= 11 is 0. The van der Waals surface area contributed by atoms with E-state index < -0.39 is 0 Å². The Bertz CT molecular complexity index is 282. The first-order valence-electron chi connectivity index (χ1n) is 4.35. The van der Waals surface area contributed by atoms with Crippen LogP contribution in [0.5, 0.6) is 0 Å². The van der Waals surface area contributed by atoms with Crippen LogP contribution in [0.3, 0.4) is 0 Å². The zero-order chi connectivity index (χ0) is 9.10. The fourth-order valence-corrected chi connectivity index (χ4v) is 1.39. The van der Waals surface area contributed by atoms with E-state index >= 15 is 0 Å². The average molecular weight is 176 g/mol. The standard InChI is InChI=1S/C10H10NO2/c12-7-13-10(8-4-5-8)9-3-1-2-6-11-9/h1-3,6,8,10H,4-5H2. The molecule has 13 heavy (non-hydrogen) atoms. The Labute approximate surface area is 76.7 Å². The number of ether oxygens (including phenoxy) is 1. The number of carbonyl (C=O) groups excluding carboxylic acids is 1. The second-order valence-corrected chi connectivity index (χ2v) is 3.21. The highest BCUT2D eigenvalue weighted by Crippen LogP contribution is 2.42. The van der Waals surface area contributed by atoms with Crippen molar-refractivity contribution < 1.29 is 9.53 Å². The summed E-state index contributed by atoms with van der Waals surface area (Å²) in [6, 6.07) is 5.62. The van der Waals surface area contributed by atoms with Gasteiger partial charge in [-0.1, -0.05) is 6.07 Å². The molecule has 0 aromatic carbocycles. The molecule has 3 nitrogen and oxygen atoms in total. The van der Waals surface area contributed by atoms with Crippen molar-refractivity contribution in [2.45, 2.75) is 18.9 Å². The van der Waals surface area contributed by atoms with E-state index in [4.69, 9.17) is 4.74 Å². The molecular weight excluding hydrogens is 166 g/mol. The molecule has 1 saturated carbocycles. The predicted octanol–water partition coefficient (Wildman–Crippen LogP) is 1.62. The first-order valence-corrected chi connectivity index (χ1v) is 4.35. The number of pyridine rings is 1. The van der Waals surface area contributed by atoms with E-state index in [1.54, 1.807) is 6.20 Å². The van der Waals surface area contributed by atoms with E-state index in [-0.39, 0.29) is 6.10 Å². The number of rotatable bonds is 4. The Hall–Kier alpha value is -1.38. The Balaban J connectivity index is 2.14. The lowest BCUT2D eigenvalue weighted by molar-refractivity contribution is 0.153. The smallest absolute Gasteiger partial charge is 0.418 e. The molecule has 1 atom stereocenters. The average Bonchev–Trinajstić information content (AvgIpc) is 2.99. The molecule has 0 amide bonds. The highest BCUT2D eigenvalue weighted by Gasteiger charge is 2.34. The molecule has 1 aliphatic rings. The van der Waals surface area contributed by atoms with Crippen LogP contribution in [-0.2, 0) is 9.53 Å². The maximum atomic E-state index is 10.1. The van der Waals surface area contributed by atoms with Crippen LogP contribution in [0.15, 0.2) is 24.4 Å². The second kappa shape index (κ2) is 3.56. The van der Waals surface area contributed by atoms with Gasteiger partial charge in [0, 0.05) is 12.1 Å². The van der Waals surface area contributed by atoms with E-state index in [2.05, 4.69) is 4.98 Å². The van der Waals surface area contributed by atoms with Crippen LogP contribution in [0, 0.1) is 5.92 Å². The summed E-state index contributed by atoms with van der Waals surface area (Å²) in [7, 11) is 0. The van der Waals surface area contributed by atoms with Crippen LogP contribution in [0.2, 0.25) is 0 Å². The SMILES string of the molecule is O=[C]OC(c1ccccn1)C1CC1. The van der Waals surface area contributed by atoms with Crippen LogP contribution in [0.4, 0.5) is 0 Å². The van der Waals surface area contributed by atoms with Crippen molar-refractivity contribution in [1.82, 2.24) is 4.98 Å². The van der Waals surface area contributed by atoms with E-state index in [9.17, 15) is 4.79 Å². The third-order valence-corrected chi connectivity index (χ3v) is 2.20. The van der Waals surface area contributed by atoms with Crippen LogP contribution in [0.1, 0.15) is 24.6 Å². The predicted molar refractivity (Wildman–Crippen MR) is 46.5 cm³/mol. The van der Waals surface area contributed by atoms with Crippen LogP contribution < -0.4 is 0 Å². The highest BCUT2D eigenvalue weighted by molar-refractivity contribution is 5.39. The Kier molecular flexibility index (Phi) is 2.25. The lowest BCUT2D eigenvalue weighted by atomic mass is 10.1. The van der Waals surface area contributed by atoms with Gasteiger partial charge >= 0.3 is 6.47 Å². The van der Waals surface area contributed by atoms with E-state index in [1.807, 2.05) is 18.2 Å². The minimum atomic E-state index is -0.182. The molecule has 1 fully saturated rings. The summed E-state index contributed by atoms with van der Waals surface area (Å²) in [4.78, 5) is 14.3. The Morgan fingerprint density at radius 1 is 1.54 bits per heavy atom. The van der Waals surface area contributed by atoms with Gasteiger partial charge < -0.3 is 4.74 Å². The molecule has 0 bridgehead atoms. The summed E-state index contributed by atoms with van der Waals surface area (Å²) in [5, 5.41) is 0. The molecule has 0 saturated heterocycles. The van der Waals surface area contributed by atoms with Gasteiger partial charge in [-0.15, -0.1) is 0 Å². The maximum absolute atomic E-state index is 10.1. The van der Waals surface area contributed by atoms with E-state index in [1.165, 1.54) is 6.47 Å². The lowest BCUT2D eigenvalue weighted by Crippen LogP contribution is -2.06. The highest BCUT2D eigenvalue weighted by atomic mass is 16.5. The van der Waals surface area contributed by atoms with Crippen LogP contribution in [0.25, 0.3) is 0 Å². The number of hydrogen-bond acceptors (Lipinski definition) is 3. The summed E-state index contributed by atoms with van der Waals surface area (Å²) in [6.07, 6.45) is 3.75. The third kappa shape index (κ3) is 1.86. The van der Waals surface area contributed by atoms with E-state index in [0.717, 1.165) is 18.5 Å². The number of nitrogens with zero attached hydrogens (tertiary/aromatic N) is 1. The second-order valence-electron chi connectivity index (χ2n) is 3.21. The van der Waals surface area contributed by atoms with Gasteiger partial charge in [-0.05, 0) is 25.0 Å². The van der Waals surface area contributed by atoms with Crippen molar-refractivity contribution in [2.24, 2.45) is 5.92 Å². The minimum absolute atomic E-state index is 0.182. The van der Waals surface area contributed by atoms with Gasteiger partial charge in [0.1, 0.15) is 6.10 Å². The van der Waals surface area contributed by atoms with Crippen molar-refractivity contribution in [1.29, 1.82) is 0 Å². The lowest BCUT2D eigenvalue weighted by Gasteiger charge is -2.11. The molecule has 1 aromatic rings. The van der Waals surface area contributed by atoms with Crippen molar-refractivity contribution in [3.63, 3.8) is 0 Å². The molecular formula is C10H10NO2. The molecule has 1 heterocycles. The van der Waals surface area contributed by atoms with Gasteiger partial charge in [0.15, 0.2) is 0 Å². The summed E-state index contributed by atoms with van der Waals surface area (Å²) in [6.45, 7) is 1.50. The van der Waals surface area contributed by atoms with Gasteiger partial charge in [-0.3, -0.25) is 4.98 Å². The first kappa shape index (κ1) is 8.23. The molecule has 0 N–H and O–H groups in total.